The minimum Gasteiger partial charge on any atom is -0.478 e. The number of nitrogens with one attached hydrogen (secondary N) is 3. The third-order valence-corrected chi connectivity index (χ3v) is 5.13. The number of benzene rings is 2. The predicted molar refractivity (Wildman–Crippen MR) is 135 cm³/mol. The summed E-state index contributed by atoms with van der Waals surface area (Å²) < 4.78 is 6.87. The summed E-state index contributed by atoms with van der Waals surface area (Å²) in [7, 11) is 0. The van der Waals surface area contributed by atoms with Gasteiger partial charge in [-0.25, -0.2) is 4.98 Å². The van der Waals surface area contributed by atoms with Gasteiger partial charge in [-0.2, -0.15) is 5.10 Å². The molecule has 2 heterocycles. The fraction of sp³-hybridized carbons (Fsp3) is 0.192. The molecule has 4 aromatic rings. The molecule has 0 spiro atoms. The number of hydrogen-bond donors (Lipinski definition) is 3. The van der Waals surface area contributed by atoms with E-state index in [0.717, 1.165) is 5.39 Å². The third kappa shape index (κ3) is 6.44. The van der Waals surface area contributed by atoms with Crippen LogP contribution in [-0.4, -0.2) is 52.2 Å². The Morgan fingerprint density at radius 2 is 1.72 bits per heavy atom. The molecule has 2 aromatic heterocycles. The van der Waals surface area contributed by atoms with Crippen molar-refractivity contribution in [1.82, 2.24) is 25.4 Å². The van der Waals surface area contributed by atoms with Crippen LogP contribution in [0.4, 0.5) is 5.69 Å². The molecule has 0 atom stereocenters. The number of aromatic nitrogens is 3. The number of hydrogen-bond acceptors (Lipinski definition) is 6. The lowest BCUT2D eigenvalue weighted by molar-refractivity contribution is -0.121. The van der Waals surface area contributed by atoms with Gasteiger partial charge in [0.05, 0.1) is 12.1 Å². The van der Waals surface area contributed by atoms with Crippen molar-refractivity contribution in [1.29, 1.82) is 0 Å². The number of nitrogens with zero attached hydrogens (tertiary/aromatic N) is 3. The number of carbonyl (C=O) groups is 3. The quantitative estimate of drug-likeness (QED) is 0.296. The van der Waals surface area contributed by atoms with Crippen molar-refractivity contribution in [2.24, 2.45) is 0 Å². The van der Waals surface area contributed by atoms with Crippen LogP contribution in [0, 0.1) is 0 Å². The molecule has 0 unspecified atom stereocenters. The highest BCUT2D eigenvalue weighted by Gasteiger charge is 2.11. The summed E-state index contributed by atoms with van der Waals surface area (Å²) in [6.07, 6.45) is 1.73. The Kier molecular flexibility index (Phi) is 7.87. The van der Waals surface area contributed by atoms with Crippen LogP contribution in [0.2, 0.25) is 0 Å². The zero-order valence-electron chi connectivity index (χ0n) is 19.7. The largest absolute Gasteiger partial charge is 0.478 e. The van der Waals surface area contributed by atoms with E-state index in [1.165, 1.54) is 4.68 Å². The molecule has 4 rings (SSSR count). The number of anilines is 1. The highest BCUT2D eigenvalue weighted by molar-refractivity contribution is 6.03. The zero-order valence-corrected chi connectivity index (χ0v) is 19.7. The van der Waals surface area contributed by atoms with E-state index < -0.39 is 0 Å². The van der Waals surface area contributed by atoms with E-state index in [4.69, 9.17) is 4.74 Å². The molecule has 0 bridgehead atoms. The summed E-state index contributed by atoms with van der Waals surface area (Å²) in [5.41, 5.74) is 2.08. The van der Waals surface area contributed by atoms with Crippen LogP contribution in [0.25, 0.3) is 10.9 Å². The molecule has 0 fully saturated rings. The molecule has 184 valence electrons. The van der Waals surface area contributed by atoms with Crippen molar-refractivity contribution in [2.75, 3.05) is 25.0 Å². The molecule has 3 N–H and O–H groups in total. The predicted octanol–water partition coefficient (Wildman–Crippen LogP) is 2.63. The average Bonchev–Trinajstić information content (AvgIpc) is 3.28. The summed E-state index contributed by atoms with van der Waals surface area (Å²) in [6.45, 7) is 2.94. The average molecular weight is 487 g/mol. The molecule has 0 radical (unpaired) electrons. The van der Waals surface area contributed by atoms with Crippen molar-refractivity contribution in [2.45, 2.75) is 13.5 Å². The fourth-order valence-electron chi connectivity index (χ4n) is 3.47. The van der Waals surface area contributed by atoms with E-state index in [1.807, 2.05) is 13.0 Å². The maximum atomic E-state index is 12.6. The van der Waals surface area contributed by atoms with E-state index in [1.54, 1.807) is 66.9 Å². The number of carbonyl (C=O) groups excluding carboxylic acids is 3. The lowest BCUT2D eigenvalue weighted by atomic mass is 10.2. The first kappa shape index (κ1) is 24.4. The van der Waals surface area contributed by atoms with Gasteiger partial charge < -0.3 is 20.7 Å². The monoisotopic (exact) mass is 486 g/mol. The van der Waals surface area contributed by atoms with Gasteiger partial charge in [-0.3, -0.25) is 19.1 Å². The van der Waals surface area contributed by atoms with E-state index >= 15 is 0 Å². The Balaban J connectivity index is 1.28. The van der Waals surface area contributed by atoms with Crippen molar-refractivity contribution < 1.29 is 19.1 Å². The normalized spacial score (nSPS) is 10.6. The Bertz CT molecular complexity index is 1370. The lowest BCUT2D eigenvalue weighted by Crippen LogP contribution is -2.36. The van der Waals surface area contributed by atoms with E-state index in [0.29, 0.717) is 42.3 Å². The first-order valence-electron chi connectivity index (χ1n) is 11.5. The molecule has 2 aromatic carbocycles. The molecule has 0 saturated carbocycles. The van der Waals surface area contributed by atoms with Gasteiger partial charge in [0.2, 0.25) is 11.8 Å². The highest BCUT2D eigenvalue weighted by Crippen LogP contribution is 2.19. The van der Waals surface area contributed by atoms with E-state index in [-0.39, 0.29) is 30.0 Å². The smallest absolute Gasteiger partial charge is 0.274 e. The molecule has 0 aliphatic carbocycles. The van der Waals surface area contributed by atoms with Crippen LogP contribution in [-0.2, 0) is 11.3 Å². The van der Waals surface area contributed by atoms with Crippen LogP contribution in [0.1, 0.15) is 27.8 Å². The molecule has 0 aliphatic rings. The molecule has 0 aliphatic heterocycles. The summed E-state index contributed by atoms with van der Waals surface area (Å²) in [5, 5.41) is 13.5. The van der Waals surface area contributed by atoms with Gasteiger partial charge in [-0.15, -0.1) is 0 Å². The number of pyridine rings is 1. The standard InChI is InChI=1S/C26H26N6O4/c1-2-36-24-10-6-9-22(30-24)26(35)29-20-11-12-21-19(15-20)16-32(31-21)17-23(33)27-13-14-28-25(34)18-7-4-3-5-8-18/h3-12,15-16H,2,13-14,17H2,1H3,(H,27,33)(H,28,34)(H,29,35). The minimum atomic E-state index is -0.359. The van der Waals surface area contributed by atoms with Crippen LogP contribution in [0.5, 0.6) is 5.88 Å². The molecule has 3 amide bonds. The first-order valence-corrected chi connectivity index (χ1v) is 11.5. The molecular formula is C26H26N6O4. The SMILES string of the molecule is CCOc1cccc(C(=O)Nc2ccc3nn(CC(=O)NCCNC(=O)c4ccccc4)cc3c2)n1. The van der Waals surface area contributed by atoms with Crippen LogP contribution < -0.4 is 20.7 Å². The van der Waals surface area contributed by atoms with E-state index in [9.17, 15) is 14.4 Å². The Morgan fingerprint density at radius 3 is 2.53 bits per heavy atom. The van der Waals surface area contributed by atoms with Gasteiger partial charge in [-0.05, 0) is 43.3 Å². The Hall–Kier alpha value is -4.73. The number of rotatable bonds is 10. The second-order valence-electron chi connectivity index (χ2n) is 7.82. The number of ether oxygens (including phenoxy) is 1. The zero-order chi connectivity index (χ0) is 25.3. The molecule has 10 heteroatoms. The Morgan fingerprint density at radius 1 is 0.917 bits per heavy atom. The maximum Gasteiger partial charge on any atom is 0.274 e. The van der Waals surface area contributed by atoms with Gasteiger partial charge in [0.15, 0.2) is 0 Å². The van der Waals surface area contributed by atoms with Gasteiger partial charge in [0.25, 0.3) is 11.8 Å². The first-order chi connectivity index (χ1) is 17.5. The van der Waals surface area contributed by atoms with Gasteiger partial charge >= 0.3 is 0 Å². The van der Waals surface area contributed by atoms with Crippen LogP contribution in [0.3, 0.4) is 0 Å². The topological polar surface area (TPSA) is 127 Å². The number of fused-ring (bicyclic) bond motifs is 1. The second-order valence-corrected chi connectivity index (χ2v) is 7.82. The van der Waals surface area contributed by atoms with Crippen molar-refractivity contribution in [3.05, 3.63) is 84.2 Å². The van der Waals surface area contributed by atoms with E-state index in [2.05, 4.69) is 26.0 Å². The fourth-order valence-corrected chi connectivity index (χ4v) is 3.47. The molecule has 36 heavy (non-hydrogen) atoms. The van der Waals surface area contributed by atoms with Crippen LogP contribution in [0.15, 0.2) is 72.9 Å². The molecule has 10 nitrogen and oxygen atoms in total. The summed E-state index contributed by atoms with van der Waals surface area (Å²) in [6, 6.07) is 19.2. The maximum absolute atomic E-state index is 12.6. The highest BCUT2D eigenvalue weighted by atomic mass is 16.5. The van der Waals surface area contributed by atoms with Crippen molar-refractivity contribution >= 4 is 34.3 Å². The third-order valence-electron chi connectivity index (χ3n) is 5.13. The van der Waals surface area contributed by atoms with Crippen molar-refractivity contribution in [3.8, 4) is 5.88 Å². The molecular weight excluding hydrogens is 460 g/mol. The van der Waals surface area contributed by atoms with Gasteiger partial charge in [-0.1, -0.05) is 24.3 Å². The second kappa shape index (κ2) is 11.6. The summed E-state index contributed by atoms with van der Waals surface area (Å²) >= 11 is 0. The van der Waals surface area contributed by atoms with Gasteiger partial charge in [0, 0.05) is 42.0 Å². The lowest BCUT2D eigenvalue weighted by Gasteiger charge is -2.07. The number of amides is 3. The summed E-state index contributed by atoms with van der Waals surface area (Å²) in [5.74, 6) is -0.393. The molecule has 0 saturated heterocycles. The Labute approximate surface area is 207 Å². The summed E-state index contributed by atoms with van der Waals surface area (Å²) in [4.78, 5) is 41.1. The van der Waals surface area contributed by atoms with Gasteiger partial charge in [0.1, 0.15) is 12.2 Å². The minimum absolute atomic E-state index is 0.0249. The van der Waals surface area contributed by atoms with Crippen molar-refractivity contribution in [3.63, 3.8) is 0 Å². The van der Waals surface area contributed by atoms with Crippen LogP contribution >= 0.6 is 0 Å².